The van der Waals surface area contributed by atoms with E-state index in [-0.39, 0.29) is 24.6 Å². The molecule has 0 radical (unpaired) electrons. The third-order valence-electron chi connectivity index (χ3n) is 3.56. The van der Waals surface area contributed by atoms with Crippen LogP contribution in [0.1, 0.15) is 25.3 Å². The van der Waals surface area contributed by atoms with Gasteiger partial charge in [0, 0.05) is 32.1 Å². The molecule has 0 atom stereocenters. The third-order valence-corrected chi connectivity index (χ3v) is 3.56. The van der Waals surface area contributed by atoms with Gasteiger partial charge in [0.15, 0.2) is 0 Å². The van der Waals surface area contributed by atoms with E-state index >= 15 is 0 Å². The average molecular weight is 359 g/mol. The molecule has 1 aromatic rings. The van der Waals surface area contributed by atoms with Crippen molar-refractivity contribution in [2.24, 2.45) is 0 Å². The average Bonchev–Trinajstić information content (AvgIpc) is 2.49. The maximum Gasteiger partial charge on any atom is 0.416 e. The number of alkyl halides is 3. The van der Waals surface area contributed by atoms with E-state index in [1.165, 1.54) is 19.1 Å². The molecule has 0 saturated carbocycles. The molecule has 0 saturated heterocycles. The fraction of sp³-hybridized carbons (Fsp3) is 0.529. The second-order valence-corrected chi connectivity index (χ2v) is 6.04. The molecular weight excluding hydrogens is 335 g/mol. The van der Waals surface area contributed by atoms with E-state index in [9.17, 15) is 22.8 Å². The number of carbonyl (C=O) groups excluding carboxylic acids is 2. The number of hydrogen-bond donors (Lipinski definition) is 1. The maximum absolute atomic E-state index is 12.7. The summed E-state index contributed by atoms with van der Waals surface area (Å²) in [6.07, 6.45) is -3.65. The SMILES string of the molecule is CC(=O)N(CCCN(C)C)CCC(=O)Nc1cccc(C(F)(F)F)c1. The first kappa shape index (κ1) is 21.0. The molecule has 0 aliphatic heterocycles. The van der Waals surface area contributed by atoms with Gasteiger partial charge in [-0.25, -0.2) is 0 Å². The van der Waals surface area contributed by atoms with Crippen molar-refractivity contribution >= 4 is 17.5 Å². The van der Waals surface area contributed by atoms with E-state index in [4.69, 9.17) is 0 Å². The van der Waals surface area contributed by atoms with Crippen LogP contribution in [0.15, 0.2) is 24.3 Å². The normalized spacial score (nSPS) is 11.5. The molecule has 140 valence electrons. The summed E-state index contributed by atoms with van der Waals surface area (Å²) in [5, 5.41) is 2.44. The fourth-order valence-corrected chi connectivity index (χ4v) is 2.24. The summed E-state index contributed by atoms with van der Waals surface area (Å²) in [6, 6.07) is 4.46. The monoisotopic (exact) mass is 359 g/mol. The lowest BCUT2D eigenvalue weighted by molar-refractivity contribution is -0.137. The Morgan fingerprint density at radius 1 is 1.12 bits per heavy atom. The van der Waals surface area contributed by atoms with Gasteiger partial charge >= 0.3 is 6.18 Å². The zero-order valence-electron chi connectivity index (χ0n) is 14.7. The van der Waals surface area contributed by atoms with Crippen LogP contribution in [0.25, 0.3) is 0 Å². The number of anilines is 1. The van der Waals surface area contributed by atoms with Crippen LogP contribution in [0.4, 0.5) is 18.9 Å². The molecule has 5 nitrogen and oxygen atoms in total. The molecule has 1 N–H and O–H groups in total. The number of nitrogens with one attached hydrogen (secondary N) is 1. The molecule has 0 unspecified atom stereocenters. The first-order valence-electron chi connectivity index (χ1n) is 7.97. The highest BCUT2D eigenvalue weighted by Crippen LogP contribution is 2.30. The topological polar surface area (TPSA) is 52.7 Å². The van der Waals surface area contributed by atoms with Gasteiger partial charge in [-0.05, 0) is 45.3 Å². The first-order chi connectivity index (χ1) is 11.6. The minimum atomic E-state index is -4.46. The predicted molar refractivity (Wildman–Crippen MR) is 90.1 cm³/mol. The van der Waals surface area contributed by atoms with Crippen molar-refractivity contribution < 1.29 is 22.8 Å². The number of rotatable bonds is 8. The van der Waals surface area contributed by atoms with Gasteiger partial charge in [-0.15, -0.1) is 0 Å². The molecule has 1 aromatic carbocycles. The largest absolute Gasteiger partial charge is 0.416 e. The van der Waals surface area contributed by atoms with Crippen molar-refractivity contribution in [2.45, 2.75) is 25.9 Å². The Balaban J connectivity index is 2.54. The number of amides is 2. The van der Waals surface area contributed by atoms with Crippen molar-refractivity contribution in [1.29, 1.82) is 0 Å². The van der Waals surface area contributed by atoms with Gasteiger partial charge in [0.1, 0.15) is 0 Å². The van der Waals surface area contributed by atoms with Crippen LogP contribution in [0, 0.1) is 0 Å². The third kappa shape index (κ3) is 8.02. The van der Waals surface area contributed by atoms with Gasteiger partial charge < -0.3 is 15.1 Å². The first-order valence-corrected chi connectivity index (χ1v) is 7.97. The highest BCUT2D eigenvalue weighted by Gasteiger charge is 2.30. The van der Waals surface area contributed by atoms with E-state index in [2.05, 4.69) is 5.32 Å². The molecule has 0 aliphatic carbocycles. The molecule has 0 aliphatic rings. The van der Waals surface area contributed by atoms with Crippen LogP contribution in [-0.2, 0) is 15.8 Å². The summed E-state index contributed by atoms with van der Waals surface area (Å²) in [5.41, 5.74) is -0.735. The zero-order valence-corrected chi connectivity index (χ0v) is 14.7. The van der Waals surface area contributed by atoms with Crippen LogP contribution < -0.4 is 5.32 Å². The smallest absolute Gasteiger partial charge is 0.342 e. The molecule has 0 heterocycles. The lowest BCUT2D eigenvalue weighted by atomic mass is 10.2. The Hall–Kier alpha value is -2.09. The number of carbonyl (C=O) groups is 2. The predicted octanol–water partition coefficient (Wildman–Crippen LogP) is 2.83. The minimum Gasteiger partial charge on any atom is -0.342 e. The Morgan fingerprint density at radius 2 is 1.80 bits per heavy atom. The quantitative estimate of drug-likeness (QED) is 0.777. The summed E-state index contributed by atoms with van der Waals surface area (Å²) >= 11 is 0. The van der Waals surface area contributed by atoms with Gasteiger partial charge in [0.25, 0.3) is 0 Å². The van der Waals surface area contributed by atoms with E-state index < -0.39 is 17.6 Å². The van der Waals surface area contributed by atoms with Gasteiger partial charge in [0.05, 0.1) is 5.56 Å². The number of halogens is 3. The second kappa shape index (κ2) is 9.41. The van der Waals surface area contributed by atoms with E-state index in [1.807, 2.05) is 19.0 Å². The maximum atomic E-state index is 12.7. The van der Waals surface area contributed by atoms with Crippen LogP contribution in [-0.4, -0.2) is 55.3 Å². The summed E-state index contributed by atoms with van der Waals surface area (Å²) in [6.45, 7) is 3.01. The summed E-state index contributed by atoms with van der Waals surface area (Å²) in [5.74, 6) is -0.566. The van der Waals surface area contributed by atoms with Crippen LogP contribution in [0.3, 0.4) is 0 Å². The van der Waals surface area contributed by atoms with Gasteiger partial charge in [-0.3, -0.25) is 9.59 Å². The van der Waals surface area contributed by atoms with Crippen LogP contribution >= 0.6 is 0 Å². The fourth-order valence-electron chi connectivity index (χ4n) is 2.24. The second-order valence-electron chi connectivity index (χ2n) is 6.04. The molecule has 1 rings (SSSR count). The number of hydrogen-bond acceptors (Lipinski definition) is 3. The van der Waals surface area contributed by atoms with E-state index in [1.54, 1.807) is 4.90 Å². The highest BCUT2D eigenvalue weighted by atomic mass is 19.4. The van der Waals surface area contributed by atoms with Crippen molar-refractivity contribution in [3.8, 4) is 0 Å². The molecule has 0 aromatic heterocycles. The molecule has 8 heteroatoms. The summed E-state index contributed by atoms with van der Waals surface area (Å²) < 4.78 is 38.0. The molecular formula is C17H24F3N3O2. The zero-order chi connectivity index (χ0) is 19.0. The lowest BCUT2D eigenvalue weighted by Crippen LogP contribution is -2.34. The molecule has 0 fully saturated rings. The van der Waals surface area contributed by atoms with E-state index in [0.29, 0.717) is 6.54 Å². The van der Waals surface area contributed by atoms with Gasteiger partial charge in [-0.2, -0.15) is 13.2 Å². The van der Waals surface area contributed by atoms with Gasteiger partial charge in [-0.1, -0.05) is 6.07 Å². The Bertz CT molecular complexity index is 589. The van der Waals surface area contributed by atoms with Crippen LogP contribution in [0.2, 0.25) is 0 Å². The van der Waals surface area contributed by atoms with Gasteiger partial charge in [0.2, 0.25) is 11.8 Å². The summed E-state index contributed by atoms with van der Waals surface area (Å²) in [7, 11) is 3.86. The number of nitrogens with zero attached hydrogens (tertiary/aromatic N) is 2. The van der Waals surface area contributed by atoms with Crippen molar-refractivity contribution in [2.75, 3.05) is 39.0 Å². The molecule has 25 heavy (non-hydrogen) atoms. The Kier molecular flexibility index (Phi) is 7.89. The Labute approximate surface area is 145 Å². The Morgan fingerprint density at radius 3 is 2.36 bits per heavy atom. The van der Waals surface area contributed by atoms with E-state index in [0.717, 1.165) is 25.1 Å². The van der Waals surface area contributed by atoms with Crippen LogP contribution in [0.5, 0.6) is 0 Å². The molecule has 0 bridgehead atoms. The molecule has 2 amide bonds. The highest BCUT2D eigenvalue weighted by molar-refractivity contribution is 5.91. The van der Waals surface area contributed by atoms with Crippen molar-refractivity contribution in [1.82, 2.24) is 9.80 Å². The molecule has 0 spiro atoms. The number of benzene rings is 1. The standard InChI is InChI=1S/C17H24F3N3O2/c1-13(24)23(10-5-9-22(2)3)11-8-16(25)21-15-7-4-6-14(12-15)17(18,19)20/h4,6-7,12H,5,8-11H2,1-3H3,(H,21,25). The van der Waals surface area contributed by atoms with Crippen molar-refractivity contribution in [3.05, 3.63) is 29.8 Å². The minimum absolute atomic E-state index is 0.0256. The lowest BCUT2D eigenvalue weighted by Gasteiger charge is -2.21. The summed E-state index contributed by atoms with van der Waals surface area (Å²) in [4.78, 5) is 27.1. The van der Waals surface area contributed by atoms with Crippen molar-refractivity contribution in [3.63, 3.8) is 0 Å².